The van der Waals surface area contributed by atoms with Crippen LogP contribution >= 0.6 is 11.8 Å². The summed E-state index contributed by atoms with van der Waals surface area (Å²) in [6.45, 7) is 1.35. The molecule has 1 heterocycles. The first-order chi connectivity index (χ1) is 6.67. The van der Waals surface area contributed by atoms with Gasteiger partial charge in [0.1, 0.15) is 4.75 Å². The highest BCUT2D eigenvalue weighted by molar-refractivity contribution is 8.00. The molecule has 0 aromatic rings. The molecule has 0 radical (unpaired) electrons. The predicted octanol–water partition coefficient (Wildman–Crippen LogP) is 1.05. The van der Waals surface area contributed by atoms with Gasteiger partial charge in [0.15, 0.2) is 0 Å². The molecule has 14 heavy (non-hydrogen) atoms. The standard InChI is InChI=1S/C9H15N3OS/c1-11-8(13)12-5-3-9(7-10,14-2)4-6-12/h3-6H2,1-2H3,(H,11,13). The van der Waals surface area contributed by atoms with Crippen LogP contribution in [0.1, 0.15) is 12.8 Å². The fourth-order valence-corrected chi connectivity index (χ4v) is 2.27. The number of urea groups is 1. The SMILES string of the molecule is CNC(=O)N1CCC(C#N)(SC)CC1. The molecule has 78 valence electrons. The number of carbonyl (C=O) groups excluding carboxylic acids is 1. The molecule has 0 atom stereocenters. The second-order valence-corrected chi connectivity index (χ2v) is 4.54. The molecule has 1 aliphatic rings. The van der Waals surface area contributed by atoms with E-state index in [4.69, 9.17) is 5.26 Å². The number of likely N-dealkylation sites (tertiary alicyclic amines) is 1. The van der Waals surface area contributed by atoms with Crippen molar-refractivity contribution in [2.45, 2.75) is 17.6 Å². The van der Waals surface area contributed by atoms with Crippen molar-refractivity contribution in [3.63, 3.8) is 0 Å². The second-order valence-electron chi connectivity index (χ2n) is 3.35. The maximum absolute atomic E-state index is 11.3. The van der Waals surface area contributed by atoms with E-state index in [9.17, 15) is 4.79 Å². The van der Waals surface area contributed by atoms with Crippen LogP contribution in [-0.4, -0.2) is 42.1 Å². The average Bonchev–Trinajstić information content (AvgIpc) is 2.28. The van der Waals surface area contributed by atoms with Crippen molar-refractivity contribution in [1.82, 2.24) is 10.2 Å². The lowest BCUT2D eigenvalue weighted by atomic mass is 9.97. The van der Waals surface area contributed by atoms with Crippen molar-refractivity contribution in [2.24, 2.45) is 0 Å². The number of thioether (sulfide) groups is 1. The van der Waals surface area contributed by atoms with Crippen LogP contribution in [0, 0.1) is 11.3 Å². The van der Waals surface area contributed by atoms with E-state index in [1.807, 2.05) is 6.26 Å². The molecule has 0 aromatic heterocycles. The molecule has 0 bridgehead atoms. The summed E-state index contributed by atoms with van der Waals surface area (Å²) in [5.74, 6) is 0. The van der Waals surface area contributed by atoms with Crippen LogP contribution in [0.3, 0.4) is 0 Å². The van der Waals surface area contributed by atoms with Crippen LogP contribution in [0.15, 0.2) is 0 Å². The molecule has 1 rings (SSSR count). The van der Waals surface area contributed by atoms with Crippen molar-refractivity contribution >= 4 is 17.8 Å². The minimum atomic E-state index is -0.273. The minimum Gasteiger partial charge on any atom is -0.341 e. The number of amides is 2. The smallest absolute Gasteiger partial charge is 0.317 e. The molecule has 1 aliphatic heterocycles. The van der Waals surface area contributed by atoms with Gasteiger partial charge in [-0.05, 0) is 19.1 Å². The summed E-state index contributed by atoms with van der Waals surface area (Å²) in [4.78, 5) is 13.0. The van der Waals surface area contributed by atoms with Gasteiger partial charge in [0, 0.05) is 20.1 Å². The van der Waals surface area contributed by atoms with E-state index in [1.54, 1.807) is 23.7 Å². The molecule has 5 heteroatoms. The van der Waals surface area contributed by atoms with Crippen LogP contribution in [0.25, 0.3) is 0 Å². The molecule has 0 unspecified atom stereocenters. The highest BCUT2D eigenvalue weighted by atomic mass is 32.2. The first-order valence-corrected chi connectivity index (χ1v) is 5.83. The van der Waals surface area contributed by atoms with Crippen LogP contribution in [0.5, 0.6) is 0 Å². The van der Waals surface area contributed by atoms with Crippen molar-refractivity contribution in [3.05, 3.63) is 0 Å². The summed E-state index contributed by atoms with van der Waals surface area (Å²) in [6, 6.07) is 2.31. The third kappa shape index (κ3) is 2.13. The molecule has 1 fully saturated rings. The van der Waals surface area contributed by atoms with E-state index < -0.39 is 0 Å². The normalized spacial score (nSPS) is 19.9. The van der Waals surface area contributed by atoms with E-state index in [0.29, 0.717) is 13.1 Å². The van der Waals surface area contributed by atoms with Crippen LogP contribution < -0.4 is 5.32 Å². The Morgan fingerprint density at radius 3 is 2.50 bits per heavy atom. The molecular weight excluding hydrogens is 198 g/mol. The summed E-state index contributed by atoms with van der Waals surface area (Å²) in [5.41, 5.74) is 0. The van der Waals surface area contributed by atoms with Gasteiger partial charge in [-0.15, -0.1) is 11.8 Å². The highest BCUT2D eigenvalue weighted by Gasteiger charge is 2.35. The van der Waals surface area contributed by atoms with Gasteiger partial charge >= 0.3 is 6.03 Å². The first-order valence-electron chi connectivity index (χ1n) is 4.60. The lowest BCUT2D eigenvalue weighted by Gasteiger charge is -2.35. The lowest BCUT2D eigenvalue weighted by molar-refractivity contribution is 0.185. The highest BCUT2D eigenvalue weighted by Crippen LogP contribution is 2.33. The topological polar surface area (TPSA) is 56.1 Å². The first kappa shape index (κ1) is 11.2. The van der Waals surface area contributed by atoms with Gasteiger partial charge in [-0.2, -0.15) is 5.26 Å². The van der Waals surface area contributed by atoms with Gasteiger partial charge in [0.25, 0.3) is 0 Å². The van der Waals surface area contributed by atoms with Gasteiger partial charge in [-0.1, -0.05) is 0 Å². The zero-order valence-corrected chi connectivity index (χ0v) is 9.36. The molecule has 1 N–H and O–H groups in total. The van der Waals surface area contributed by atoms with Gasteiger partial charge in [-0.3, -0.25) is 0 Å². The van der Waals surface area contributed by atoms with Gasteiger partial charge < -0.3 is 10.2 Å². The number of nitrogens with one attached hydrogen (secondary N) is 1. The van der Waals surface area contributed by atoms with Gasteiger partial charge in [0.05, 0.1) is 6.07 Å². The summed E-state index contributed by atoms with van der Waals surface area (Å²) in [7, 11) is 1.63. The number of piperidine rings is 1. The molecule has 0 spiro atoms. The fourth-order valence-electron chi connectivity index (χ4n) is 1.59. The third-order valence-electron chi connectivity index (χ3n) is 2.67. The number of hydrogen-bond acceptors (Lipinski definition) is 3. The van der Waals surface area contributed by atoms with E-state index in [0.717, 1.165) is 12.8 Å². The Labute approximate surface area is 88.6 Å². The largest absolute Gasteiger partial charge is 0.341 e. The van der Waals surface area contributed by atoms with E-state index in [1.165, 1.54) is 0 Å². The number of nitrogens with zero attached hydrogens (tertiary/aromatic N) is 2. The fraction of sp³-hybridized carbons (Fsp3) is 0.778. The maximum Gasteiger partial charge on any atom is 0.317 e. The minimum absolute atomic E-state index is 0.0438. The van der Waals surface area contributed by atoms with Crippen LogP contribution in [0.4, 0.5) is 4.79 Å². The average molecular weight is 213 g/mol. The summed E-state index contributed by atoms with van der Waals surface area (Å²) >= 11 is 1.60. The Morgan fingerprint density at radius 2 is 2.14 bits per heavy atom. The van der Waals surface area contributed by atoms with E-state index >= 15 is 0 Å². The summed E-state index contributed by atoms with van der Waals surface area (Å²) in [5, 5.41) is 11.6. The molecule has 2 amide bonds. The lowest BCUT2D eigenvalue weighted by Crippen LogP contribution is -2.47. The number of rotatable bonds is 1. The Hall–Kier alpha value is -0.890. The number of hydrogen-bond donors (Lipinski definition) is 1. The van der Waals surface area contributed by atoms with Crippen molar-refractivity contribution in [2.75, 3.05) is 26.4 Å². The molecule has 0 aromatic carbocycles. The van der Waals surface area contributed by atoms with E-state index in [-0.39, 0.29) is 10.8 Å². The van der Waals surface area contributed by atoms with Crippen molar-refractivity contribution < 1.29 is 4.79 Å². The second kappa shape index (κ2) is 4.56. The molecule has 1 saturated heterocycles. The van der Waals surface area contributed by atoms with E-state index in [2.05, 4.69) is 11.4 Å². The number of nitriles is 1. The predicted molar refractivity (Wildman–Crippen MR) is 57.1 cm³/mol. The van der Waals surface area contributed by atoms with Crippen LogP contribution in [-0.2, 0) is 0 Å². The van der Waals surface area contributed by atoms with Gasteiger partial charge in [-0.25, -0.2) is 4.79 Å². The zero-order chi connectivity index (χ0) is 10.6. The molecule has 4 nitrogen and oxygen atoms in total. The quantitative estimate of drug-likeness (QED) is 0.708. The Kier molecular flexibility index (Phi) is 3.64. The summed E-state index contributed by atoms with van der Waals surface area (Å²) in [6.07, 6.45) is 3.48. The number of carbonyl (C=O) groups is 1. The molecule has 0 saturated carbocycles. The third-order valence-corrected chi connectivity index (χ3v) is 3.95. The van der Waals surface area contributed by atoms with Crippen LogP contribution in [0.2, 0.25) is 0 Å². The summed E-state index contributed by atoms with van der Waals surface area (Å²) < 4.78 is -0.273. The van der Waals surface area contributed by atoms with Crippen molar-refractivity contribution in [3.8, 4) is 6.07 Å². The Bertz CT molecular complexity index is 253. The molecule has 0 aliphatic carbocycles. The van der Waals surface area contributed by atoms with Gasteiger partial charge in [0.2, 0.25) is 0 Å². The molecular formula is C9H15N3OS. The Balaban J connectivity index is 2.54. The Morgan fingerprint density at radius 1 is 1.57 bits per heavy atom. The van der Waals surface area contributed by atoms with Crippen molar-refractivity contribution in [1.29, 1.82) is 5.26 Å². The maximum atomic E-state index is 11.3. The monoisotopic (exact) mass is 213 g/mol. The zero-order valence-electron chi connectivity index (χ0n) is 8.54.